The third-order valence-electron chi connectivity index (χ3n) is 3.43. The number of amides is 1. The van der Waals surface area contributed by atoms with Gasteiger partial charge < -0.3 is 5.32 Å². The van der Waals surface area contributed by atoms with Gasteiger partial charge in [-0.2, -0.15) is 0 Å². The van der Waals surface area contributed by atoms with E-state index in [-0.39, 0.29) is 16.8 Å². The van der Waals surface area contributed by atoms with Gasteiger partial charge in [0.25, 0.3) is 0 Å². The van der Waals surface area contributed by atoms with Crippen LogP contribution in [0.25, 0.3) is 11.4 Å². The second-order valence-electron chi connectivity index (χ2n) is 5.25. The van der Waals surface area contributed by atoms with E-state index in [2.05, 4.69) is 27.1 Å². The zero-order valence-electron chi connectivity index (χ0n) is 13.8. The van der Waals surface area contributed by atoms with E-state index in [1.165, 1.54) is 11.8 Å². The first-order valence-electron chi connectivity index (χ1n) is 7.81. The molecule has 132 valence electrons. The van der Waals surface area contributed by atoms with Crippen LogP contribution in [0.1, 0.15) is 0 Å². The maximum absolute atomic E-state index is 12.2. The maximum atomic E-state index is 12.2. The van der Waals surface area contributed by atoms with E-state index >= 15 is 0 Å². The van der Waals surface area contributed by atoms with E-state index in [0.717, 1.165) is 11.4 Å². The summed E-state index contributed by atoms with van der Waals surface area (Å²) in [7, 11) is 0. The van der Waals surface area contributed by atoms with Crippen LogP contribution < -0.4 is 5.32 Å². The number of pyridine rings is 1. The van der Waals surface area contributed by atoms with Crippen molar-refractivity contribution in [1.29, 1.82) is 0 Å². The van der Waals surface area contributed by atoms with Crippen molar-refractivity contribution < 1.29 is 4.79 Å². The van der Waals surface area contributed by atoms with Crippen LogP contribution in [0.3, 0.4) is 0 Å². The Kier molecular flexibility index (Phi) is 6.04. The van der Waals surface area contributed by atoms with Crippen LogP contribution in [0, 0.1) is 0 Å². The molecule has 0 atom stereocenters. The van der Waals surface area contributed by atoms with Crippen LogP contribution in [0.15, 0.2) is 66.5 Å². The summed E-state index contributed by atoms with van der Waals surface area (Å²) in [4.78, 5) is 16.1. The number of carbonyl (C=O) groups is 1. The predicted molar refractivity (Wildman–Crippen MR) is 104 cm³/mol. The summed E-state index contributed by atoms with van der Waals surface area (Å²) in [5.74, 6) is 0.720. The summed E-state index contributed by atoms with van der Waals surface area (Å²) in [6.07, 6.45) is 3.34. The first-order valence-corrected chi connectivity index (χ1v) is 9.18. The molecule has 3 rings (SSSR count). The smallest absolute Gasteiger partial charge is 0.234 e. The van der Waals surface area contributed by atoms with E-state index in [4.69, 9.17) is 11.6 Å². The Morgan fingerprint density at radius 2 is 2.04 bits per heavy atom. The molecule has 0 saturated heterocycles. The molecule has 2 aromatic heterocycles. The third kappa shape index (κ3) is 4.30. The lowest BCUT2D eigenvalue weighted by Crippen LogP contribution is -2.15. The Balaban J connectivity index is 1.72. The standard InChI is InChI=1S/C18H16ClN5OS/c1-2-11-24-17(13-7-4-3-5-8-13)22-23-18(24)26-12-15(25)21-14-9-6-10-20-16(14)19/h2-10H,1,11-12H2,(H,21,25). The molecular formula is C18H16ClN5OS. The number of halogens is 1. The second-order valence-corrected chi connectivity index (χ2v) is 6.55. The Morgan fingerprint density at radius 3 is 2.77 bits per heavy atom. The molecule has 1 aromatic carbocycles. The molecule has 2 heterocycles. The van der Waals surface area contributed by atoms with Gasteiger partial charge in [0.1, 0.15) is 0 Å². The molecule has 0 aliphatic rings. The van der Waals surface area contributed by atoms with Gasteiger partial charge in [0, 0.05) is 18.3 Å². The first kappa shape index (κ1) is 18.2. The quantitative estimate of drug-likeness (QED) is 0.379. The fourth-order valence-electron chi connectivity index (χ4n) is 2.29. The molecule has 0 fully saturated rings. The van der Waals surface area contributed by atoms with E-state index < -0.39 is 0 Å². The highest BCUT2D eigenvalue weighted by atomic mass is 35.5. The van der Waals surface area contributed by atoms with Gasteiger partial charge in [-0.05, 0) is 12.1 Å². The van der Waals surface area contributed by atoms with Crippen molar-refractivity contribution in [3.8, 4) is 11.4 Å². The molecule has 1 amide bonds. The number of rotatable bonds is 7. The minimum Gasteiger partial charge on any atom is -0.323 e. The van der Waals surface area contributed by atoms with E-state index in [1.807, 2.05) is 34.9 Å². The van der Waals surface area contributed by atoms with E-state index in [1.54, 1.807) is 24.4 Å². The van der Waals surface area contributed by atoms with E-state index in [9.17, 15) is 4.79 Å². The molecule has 0 bridgehead atoms. The molecular weight excluding hydrogens is 370 g/mol. The number of benzene rings is 1. The number of nitrogens with one attached hydrogen (secondary N) is 1. The van der Waals surface area contributed by atoms with Crippen molar-refractivity contribution in [3.63, 3.8) is 0 Å². The van der Waals surface area contributed by atoms with Crippen LogP contribution in [0.2, 0.25) is 5.15 Å². The van der Waals surface area contributed by atoms with Crippen LogP contribution >= 0.6 is 23.4 Å². The summed E-state index contributed by atoms with van der Waals surface area (Å²) in [6, 6.07) is 13.2. The molecule has 0 saturated carbocycles. The molecule has 26 heavy (non-hydrogen) atoms. The van der Waals surface area contributed by atoms with Gasteiger partial charge in [0.2, 0.25) is 5.91 Å². The second kappa shape index (κ2) is 8.64. The van der Waals surface area contributed by atoms with Crippen LogP contribution in [-0.2, 0) is 11.3 Å². The Morgan fingerprint density at radius 1 is 1.23 bits per heavy atom. The summed E-state index contributed by atoms with van der Waals surface area (Å²) in [5, 5.41) is 12.1. The van der Waals surface area contributed by atoms with Gasteiger partial charge in [-0.1, -0.05) is 59.8 Å². The van der Waals surface area contributed by atoms with Crippen LogP contribution in [0.5, 0.6) is 0 Å². The normalized spacial score (nSPS) is 10.5. The molecule has 0 spiro atoms. The van der Waals surface area contributed by atoms with Crippen LogP contribution in [-0.4, -0.2) is 31.4 Å². The zero-order chi connectivity index (χ0) is 18.4. The van der Waals surface area contributed by atoms with Crippen LogP contribution in [0.4, 0.5) is 5.69 Å². The minimum absolute atomic E-state index is 0.176. The number of anilines is 1. The summed E-state index contributed by atoms with van der Waals surface area (Å²) >= 11 is 7.25. The highest BCUT2D eigenvalue weighted by Crippen LogP contribution is 2.24. The zero-order valence-corrected chi connectivity index (χ0v) is 15.4. The molecule has 8 heteroatoms. The van der Waals surface area contributed by atoms with Crippen molar-refractivity contribution in [2.75, 3.05) is 11.1 Å². The predicted octanol–water partition coefficient (Wildman–Crippen LogP) is 3.91. The average Bonchev–Trinajstić information content (AvgIpc) is 3.06. The number of carbonyl (C=O) groups excluding carboxylic acids is 1. The van der Waals surface area contributed by atoms with Gasteiger partial charge in [0.15, 0.2) is 16.1 Å². The summed E-state index contributed by atoms with van der Waals surface area (Å²) in [6.45, 7) is 4.34. The average molecular weight is 386 g/mol. The number of hydrogen-bond acceptors (Lipinski definition) is 5. The molecule has 3 aromatic rings. The monoisotopic (exact) mass is 385 g/mol. The Hall–Kier alpha value is -2.64. The number of aromatic nitrogens is 4. The highest BCUT2D eigenvalue weighted by molar-refractivity contribution is 7.99. The fourth-order valence-corrected chi connectivity index (χ4v) is 3.20. The molecule has 0 unspecified atom stereocenters. The first-order chi connectivity index (χ1) is 12.7. The maximum Gasteiger partial charge on any atom is 0.234 e. The Bertz CT molecular complexity index is 913. The fraction of sp³-hybridized carbons (Fsp3) is 0.111. The molecule has 1 N–H and O–H groups in total. The van der Waals surface area contributed by atoms with Crippen molar-refractivity contribution in [3.05, 3.63) is 66.5 Å². The number of thioether (sulfide) groups is 1. The third-order valence-corrected chi connectivity index (χ3v) is 4.69. The van der Waals surface area contributed by atoms with E-state index in [0.29, 0.717) is 17.4 Å². The Labute approximate surface area is 160 Å². The molecule has 6 nitrogen and oxygen atoms in total. The van der Waals surface area contributed by atoms with Crippen molar-refractivity contribution in [2.24, 2.45) is 0 Å². The largest absolute Gasteiger partial charge is 0.323 e. The van der Waals surface area contributed by atoms with Gasteiger partial charge in [0.05, 0.1) is 11.4 Å². The van der Waals surface area contributed by atoms with Crippen molar-refractivity contribution in [2.45, 2.75) is 11.7 Å². The number of hydrogen-bond donors (Lipinski definition) is 1. The van der Waals surface area contributed by atoms with Crippen molar-refractivity contribution in [1.82, 2.24) is 19.7 Å². The van der Waals surface area contributed by atoms with Gasteiger partial charge >= 0.3 is 0 Å². The summed E-state index contributed by atoms with van der Waals surface area (Å²) in [5.41, 5.74) is 1.44. The lowest BCUT2D eigenvalue weighted by Gasteiger charge is -2.08. The SMILES string of the molecule is C=CCn1c(SCC(=O)Nc2cccnc2Cl)nnc1-c1ccccc1. The summed E-state index contributed by atoms with van der Waals surface area (Å²) < 4.78 is 1.93. The lowest BCUT2D eigenvalue weighted by atomic mass is 10.2. The van der Waals surface area contributed by atoms with Gasteiger partial charge in [-0.3, -0.25) is 9.36 Å². The minimum atomic E-state index is -0.195. The van der Waals surface area contributed by atoms with Crippen molar-refractivity contribution >= 4 is 35.0 Å². The molecule has 0 aliphatic carbocycles. The van der Waals surface area contributed by atoms with Gasteiger partial charge in [-0.25, -0.2) is 4.98 Å². The lowest BCUT2D eigenvalue weighted by molar-refractivity contribution is -0.113. The van der Waals surface area contributed by atoms with Gasteiger partial charge in [-0.15, -0.1) is 16.8 Å². The molecule has 0 aliphatic heterocycles. The molecule has 0 radical (unpaired) electrons. The highest BCUT2D eigenvalue weighted by Gasteiger charge is 2.15. The number of allylic oxidation sites excluding steroid dienone is 1. The number of nitrogens with zero attached hydrogens (tertiary/aromatic N) is 4. The topological polar surface area (TPSA) is 72.7 Å².